The van der Waals surface area contributed by atoms with Gasteiger partial charge in [0.25, 0.3) is 0 Å². The van der Waals surface area contributed by atoms with Crippen LogP contribution in [0.25, 0.3) is 11.0 Å². The van der Waals surface area contributed by atoms with Crippen molar-refractivity contribution in [3.63, 3.8) is 0 Å². The number of aryl methyl sites for hydroxylation is 2. The molecule has 1 aromatic heterocycles. The summed E-state index contributed by atoms with van der Waals surface area (Å²) < 4.78 is 2.29. The molecular formula is C26H35N3O2. The smallest absolute Gasteiger partial charge is 0.220 e. The highest BCUT2D eigenvalue weighted by Gasteiger charge is 2.15. The number of hydrogen-bond donors (Lipinski definition) is 2. The van der Waals surface area contributed by atoms with Crippen LogP contribution in [0.1, 0.15) is 59.8 Å². The first-order valence-corrected chi connectivity index (χ1v) is 11.2. The molecule has 166 valence electrons. The van der Waals surface area contributed by atoms with E-state index in [1.807, 2.05) is 12.1 Å². The van der Waals surface area contributed by atoms with Gasteiger partial charge in [-0.15, -0.1) is 0 Å². The molecule has 0 radical (unpaired) electrons. The number of imidazole rings is 1. The number of aromatic nitrogens is 2. The molecule has 2 N–H and O–H groups in total. The van der Waals surface area contributed by atoms with Crippen molar-refractivity contribution in [3.8, 4) is 0 Å². The van der Waals surface area contributed by atoms with E-state index in [0.717, 1.165) is 23.4 Å². The van der Waals surface area contributed by atoms with Gasteiger partial charge in [0.15, 0.2) is 0 Å². The Bertz CT molecular complexity index is 1040. The van der Waals surface area contributed by atoms with Crippen LogP contribution in [-0.4, -0.2) is 33.2 Å². The Morgan fingerprint density at radius 1 is 1.13 bits per heavy atom. The largest absolute Gasteiger partial charge is 0.393 e. The fraction of sp³-hybridized carbons (Fsp3) is 0.462. The third-order valence-electron chi connectivity index (χ3n) is 6.27. The van der Waals surface area contributed by atoms with E-state index in [9.17, 15) is 9.90 Å². The predicted molar refractivity (Wildman–Crippen MR) is 126 cm³/mol. The highest BCUT2D eigenvalue weighted by Crippen LogP contribution is 2.25. The van der Waals surface area contributed by atoms with Crippen LogP contribution in [0, 0.1) is 27.7 Å². The maximum atomic E-state index is 12.1. The molecule has 0 saturated carbocycles. The van der Waals surface area contributed by atoms with E-state index in [0.29, 0.717) is 32.2 Å². The van der Waals surface area contributed by atoms with E-state index in [4.69, 9.17) is 4.98 Å². The molecular weight excluding hydrogens is 386 g/mol. The van der Waals surface area contributed by atoms with Crippen LogP contribution in [0.5, 0.6) is 0 Å². The number of hydrogen-bond acceptors (Lipinski definition) is 3. The monoisotopic (exact) mass is 421 g/mol. The zero-order valence-corrected chi connectivity index (χ0v) is 19.5. The molecule has 5 nitrogen and oxygen atoms in total. The minimum atomic E-state index is -0.357. The topological polar surface area (TPSA) is 67.2 Å². The summed E-state index contributed by atoms with van der Waals surface area (Å²) in [6.45, 7) is 11.8. The number of aliphatic hydroxyl groups is 1. The Morgan fingerprint density at radius 3 is 2.48 bits per heavy atom. The van der Waals surface area contributed by atoms with Gasteiger partial charge in [-0.1, -0.05) is 18.2 Å². The third kappa shape index (κ3) is 5.53. The summed E-state index contributed by atoms with van der Waals surface area (Å²) >= 11 is 0. The van der Waals surface area contributed by atoms with Crippen LogP contribution >= 0.6 is 0 Å². The normalized spacial score (nSPS) is 12.3. The lowest BCUT2D eigenvalue weighted by atomic mass is 9.94. The number of aliphatic hydroxyl groups excluding tert-OH is 1. The second-order valence-electron chi connectivity index (χ2n) is 8.68. The van der Waals surface area contributed by atoms with Gasteiger partial charge < -0.3 is 15.0 Å². The third-order valence-corrected chi connectivity index (χ3v) is 6.27. The van der Waals surface area contributed by atoms with Crippen molar-refractivity contribution < 1.29 is 9.90 Å². The van der Waals surface area contributed by atoms with Crippen molar-refractivity contribution in [2.45, 2.75) is 73.0 Å². The van der Waals surface area contributed by atoms with E-state index in [1.54, 1.807) is 6.92 Å². The maximum Gasteiger partial charge on any atom is 0.220 e. The van der Waals surface area contributed by atoms with Crippen molar-refractivity contribution in [1.82, 2.24) is 14.9 Å². The number of carbonyl (C=O) groups is 1. The first-order chi connectivity index (χ1) is 14.8. The number of amides is 1. The van der Waals surface area contributed by atoms with Gasteiger partial charge in [0.2, 0.25) is 5.91 Å². The fourth-order valence-electron chi connectivity index (χ4n) is 4.15. The van der Waals surface area contributed by atoms with E-state index in [1.165, 1.54) is 27.8 Å². The number of carbonyl (C=O) groups excluding carboxylic acids is 1. The van der Waals surface area contributed by atoms with Gasteiger partial charge in [0.1, 0.15) is 5.82 Å². The lowest BCUT2D eigenvalue weighted by molar-refractivity contribution is -0.121. The van der Waals surface area contributed by atoms with Crippen LogP contribution in [0.4, 0.5) is 0 Å². The molecule has 1 unspecified atom stereocenters. The average Bonchev–Trinajstić information content (AvgIpc) is 3.06. The number of nitrogens with zero attached hydrogens (tertiary/aromatic N) is 2. The summed E-state index contributed by atoms with van der Waals surface area (Å²) in [6.07, 6.45) is 2.12. The second-order valence-corrected chi connectivity index (χ2v) is 8.68. The van der Waals surface area contributed by atoms with Gasteiger partial charge in [0, 0.05) is 25.9 Å². The lowest BCUT2D eigenvalue weighted by Gasteiger charge is -2.18. The summed E-state index contributed by atoms with van der Waals surface area (Å²) in [6, 6.07) is 10.5. The molecule has 0 spiro atoms. The number of rotatable bonds is 9. The van der Waals surface area contributed by atoms with Crippen LogP contribution in [0.2, 0.25) is 0 Å². The van der Waals surface area contributed by atoms with Gasteiger partial charge in [-0.25, -0.2) is 4.98 Å². The molecule has 3 rings (SSSR count). The number of benzene rings is 2. The first-order valence-electron chi connectivity index (χ1n) is 11.2. The van der Waals surface area contributed by atoms with Crippen LogP contribution < -0.4 is 5.32 Å². The van der Waals surface area contributed by atoms with Crippen molar-refractivity contribution in [2.75, 3.05) is 6.54 Å². The molecule has 5 heteroatoms. The predicted octanol–water partition coefficient (Wildman–Crippen LogP) is 4.53. The maximum absolute atomic E-state index is 12.1. The van der Waals surface area contributed by atoms with Gasteiger partial charge in [0.05, 0.1) is 17.1 Å². The molecule has 0 aliphatic heterocycles. The SMILES string of the molecule is Cc1cc(C)c(C)c(Cn2c(CCNC(=O)CCCC(C)O)nc3ccccc32)c1C. The summed E-state index contributed by atoms with van der Waals surface area (Å²) in [4.78, 5) is 17.0. The molecule has 0 bridgehead atoms. The second kappa shape index (κ2) is 10.1. The average molecular weight is 422 g/mol. The van der Waals surface area contributed by atoms with Gasteiger partial charge in [-0.05, 0) is 87.4 Å². The Labute approximate surface area is 185 Å². The van der Waals surface area contributed by atoms with Crippen LogP contribution in [0.15, 0.2) is 30.3 Å². The van der Waals surface area contributed by atoms with E-state index >= 15 is 0 Å². The Balaban J connectivity index is 1.80. The van der Waals surface area contributed by atoms with E-state index < -0.39 is 0 Å². The van der Waals surface area contributed by atoms with Crippen molar-refractivity contribution in [1.29, 1.82) is 0 Å². The quantitative estimate of drug-likeness (QED) is 0.533. The summed E-state index contributed by atoms with van der Waals surface area (Å²) in [7, 11) is 0. The molecule has 1 atom stereocenters. The number of para-hydroxylation sites is 2. The fourth-order valence-corrected chi connectivity index (χ4v) is 4.15. The molecule has 0 aliphatic carbocycles. The highest BCUT2D eigenvalue weighted by molar-refractivity contribution is 5.77. The first kappa shape index (κ1) is 23.0. The summed E-state index contributed by atoms with van der Waals surface area (Å²) in [5.41, 5.74) is 8.75. The minimum Gasteiger partial charge on any atom is -0.393 e. The number of fused-ring (bicyclic) bond motifs is 1. The van der Waals surface area contributed by atoms with Gasteiger partial charge in [-0.2, -0.15) is 0 Å². The molecule has 3 aromatic rings. The standard InChI is InChI=1S/C26H35N3O2/c1-17-15-18(2)21(5)22(20(17)4)16-29-24-11-7-6-10-23(24)28-25(29)13-14-27-26(31)12-8-9-19(3)30/h6-7,10-11,15,19,30H,8-9,12-14,16H2,1-5H3,(H,27,31). The number of nitrogens with one attached hydrogen (secondary N) is 1. The van der Waals surface area contributed by atoms with Crippen LogP contribution in [-0.2, 0) is 17.8 Å². The molecule has 0 saturated heterocycles. The molecule has 2 aromatic carbocycles. The van der Waals surface area contributed by atoms with Crippen LogP contribution in [0.3, 0.4) is 0 Å². The molecule has 0 fully saturated rings. The summed E-state index contributed by atoms with van der Waals surface area (Å²) in [5.74, 6) is 1.02. The zero-order chi connectivity index (χ0) is 22.5. The minimum absolute atomic E-state index is 0.0318. The van der Waals surface area contributed by atoms with Crippen molar-refractivity contribution in [3.05, 3.63) is 64.0 Å². The Hall–Kier alpha value is -2.66. The molecule has 1 amide bonds. The highest BCUT2D eigenvalue weighted by atomic mass is 16.3. The van der Waals surface area contributed by atoms with Crippen molar-refractivity contribution in [2.24, 2.45) is 0 Å². The van der Waals surface area contributed by atoms with Gasteiger partial charge >= 0.3 is 0 Å². The lowest BCUT2D eigenvalue weighted by Crippen LogP contribution is -2.26. The molecule has 1 heterocycles. The van der Waals surface area contributed by atoms with Gasteiger partial charge in [-0.3, -0.25) is 4.79 Å². The zero-order valence-electron chi connectivity index (χ0n) is 19.5. The molecule has 31 heavy (non-hydrogen) atoms. The summed E-state index contributed by atoms with van der Waals surface area (Å²) in [5, 5.41) is 12.3. The Kier molecular flexibility index (Phi) is 7.50. The van der Waals surface area contributed by atoms with E-state index in [2.05, 4.69) is 55.8 Å². The van der Waals surface area contributed by atoms with E-state index in [-0.39, 0.29) is 12.0 Å². The van der Waals surface area contributed by atoms with Crippen molar-refractivity contribution >= 4 is 16.9 Å². The Morgan fingerprint density at radius 2 is 1.81 bits per heavy atom. The molecule has 0 aliphatic rings.